The molecule has 0 fully saturated rings. The van der Waals surface area contributed by atoms with E-state index < -0.39 is 0 Å². The number of aryl methyl sites for hydroxylation is 1. The van der Waals surface area contributed by atoms with Crippen molar-refractivity contribution in [3.8, 4) is 0 Å². The molecule has 0 N–H and O–H groups in total. The average Bonchev–Trinajstić information content (AvgIpc) is 2.87. The predicted octanol–water partition coefficient (Wildman–Crippen LogP) is 6.00. The lowest BCUT2D eigenvalue weighted by molar-refractivity contribution is 0.622. The molecule has 2 unspecified atom stereocenters. The van der Waals surface area contributed by atoms with Gasteiger partial charge < -0.3 is 0 Å². The highest BCUT2D eigenvalue weighted by Gasteiger charge is 2.29. The number of thiophene rings is 1. The Labute approximate surface area is 129 Å². The van der Waals surface area contributed by atoms with Gasteiger partial charge in [0.05, 0.1) is 0 Å². The monoisotopic (exact) mass is 290 g/mol. The topological polar surface area (TPSA) is 0 Å². The first kappa shape index (κ1) is 12.8. The van der Waals surface area contributed by atoms with Crippen LogP contribution < -0.4 is 0 Å². The summed E-state index contributed by atoms with van der Waals surface area (Å²) in [4.78, 5) is 1.43. The lowest BCUT2D eigenvalue weighted by Crippen LogP contribution is -2.14. The van der Waals surface area contributed by atoms with Crippen LogP contribution in [0, 0.1) is 12.8 Å². The second-order valence-electron chi connectivity index (χ2n) is 5.93. The van der Waals surface area contributed by atoms with E-state index >= 15 is 0 Å². The lowest BCUT2D eigenvalue weighted by atomic mass is 9.76. The van der Waals surface area contributed by atoms with Crippen LogP contribution in [-0.2, 0) is 0 Å². The van der Waals surface area contributed by atoms with Gasteiger partial charge in [0.15, 0.2) is 0 Å². The Bertz CT molecular complexity index is 838. The van der Waals surface area contributed by atoms with Crippen molar-refractivity contribution in [2.45, 2.75) is 19.8 Å². The third kappa shape index (κ3) is 1.96. The molecule has 0 nitrogen and oxygen atoms in total. The van der Waals surface area contributed by atoms with E-state index in [0.717, 1.165) is 0 Å². The summed E-state index contributed by atoms with van der Waals surface area (Å²) in [6, 6.07) is 17.7. The predicted molar refractivity (Wildman–Crippen MR) is 93.0 cm³/mol. The molecule has 0 amide bonds. The van der Waals surface area contributed by atoms with Gasteiger partial charge in [-0.15, -0.1) is 11.3 Å². The zero-order valence-electron chi connectivity index (χ0n) is 12.3. The van der Waals surface area contributed by atoms with E-state index in [9.17, 15) is 0 Å². The maximum Gasteiger partial charge on any atom is 0.0352 e. The zero-order valence-corrected chi connectivity index (χ0v) is 13.2. The molecule has 2 aromatic carbocycles. The number of hydrogen-bond acceptors (Lipinski definition) is 1. The normalized spacial score (nSPS) is 20.7. The summed E-state index contributed by atoms with van der Waals surface area (Å²) < 4.78 is 1.40. The van der Waals surface area contributed by atoms with Crippen molar-refractivity contribution in [2.24, 2.45) is 5.92 Å². The van der Waals surface area contributed by atoms with Gasteiger partial charge in [0, 0.05) is 15.5 Å². The summed E-state index contributed by atoms with van der Waals surface area (Å²) in [5.74, 6) is 1.01. The average molecular weight is 290 g/mol. The maximum atomic E-state index is 2.37. The van der Waals surface area contributed by atoms with Gasteiger partial charge in [-0.1, -0.05) is 55.5 Å². The molecule has 0 spiro atoms. The Hall–Kier alpha value is -1.86. The van der Waals surface area contributed by atoms with Crippen molar-refractivity contribution in [3.05, 3.63) is 76.2 Å². The molecule has 1 aliphatic rings. The van der Waals surface area contributed by atoms with Crippen LogP contribution in [0.5, 0.6) is 0 Å². The van der Waals surface area contributed by atoms with E-state index in [4.69, 9.17) is 0 Å². The van der Waals surface area contributed by atoms with E-state index in [1.54, 1.807) is 0 Å². The van der Waals surface area contributed by atoms with Crippen LogP contribution in [-0.4, -0.2) is 0 Å². The van der Waals surface area contributed by atoms with Gasteiger partial charge >= 0.3 is 0 Å². The van der Waals surface area contributed by atoms with E-state index in [-0.39, 0.29) is 0 Å². The Morgan fingerprint density at radius 3 is 2.57 bits per heavy atom. The van der Waals surface area contributed by atoms with Crippen molar-refractivity contribution in [2.75, 3.05) is 0 Å². The van der Waals surface area contributed by atoms with Crippen LogP contribution in [0.4, 0.5) is 0 Å². The summed E-state index contributed by atoms with van der Waals surface area (Å²) in [6.45, 7) is 4.57. The molecule has 104 valence electrons. The molecule has 1 heterocycles. The molecular weight excluding hydrogens is 272 g/mol. The van der Waals surface area contributed by atoms with Crippen LogP contribution >= 0.6 is 11.3 Å². The van der Waals surface area contributed by atoms with E-state index in [1.807, 2.05) is 11.3 Å². The zero-order chi connectivity index (χ0) is 14.4. The largest absolute Gasteiger partial charge is 0.136 e. The summed E-state index contributed by atoms with van der Waals surface area (Å²) >= 11 is 1.92. The molecule has 0 radical (unpaired) electrons. The van der Waals surface area contributed by atoms with Crippen molar-refractivity contribution in [3.63, 3.8) is 0 Å². The minimum Gasteiger partial charge on any atom is -0.136 e. The standard InChI is InChI=1S/C20H18S/c1-13-7-3-4-8-15(13)19-14(2)11-12-18-20(19)16-9-5-6-10-17(16)21-18/h3-12,14,19H,1-2H3. The van der Waals surface area contributed by atoms with E-state index in [1.165, 1.54) is 31.7 Å². The van der Waals surface area contributed by atoms with Gasteiger partial charge in [-0.25, -0.2) is 0 Å². The van der Waals surface area contributed by atoms with Crippen molar-refractivity contribution >= 4 is 27.5 Å². The summed E-state index contributed by atoms with van der Waals surface area (Å²) in [6.07, 6.45) is 4.69. The van der Waals surface area contributed by atoms with Crippen LogP contribution in [0.25, 0.3) is 16.2 Å². The Morgan fingerprint density at radius 2 is 1.71 bits per heavy atom. The Kier molecular flexibility index (Phi) is 2.97. The van der Waals surface area contributed by atoms with Gasteiger partial charge in [-0.05, 0) is 47.1 Å². The van der Waals surface area contributed by atoms with Gasteiger partial charge in [0.25, 0.3) is 0 Å². The molecule has 3 aromatic rings. The summed E-state index contributed by atoms with van der Waals surface area (Å²) in [7, 11) is 0. The number of benzene rings is 2. The first-order valence-corrected chi connectivity index (χ1v) is 8.32. The minimum atomic E-state index is 0.474. The third-order valence-electron chi connectivity index (χ3n) is 4.57. The summed E-state index contributed by atoms with van der Waals surface area (Å²) in [5.41, 5.74) is 4.39. The maximum absolute atomic E-state index is 2.37. The van der Waals surface area contributed by atoms with Crippen LogP contribution in [0.1, 0.15) is 34.4 Å². The summed E-state index contributed by atoms with van der Waals surface area (Å²) in [5, 5.41) is 1.43. The molecule has 0 saturated heterocycles. The molecular formula is C20H18S. The smallest absolute Gasteiger partial charge is 0.0352 e. The molecule has 4 rings (SSSR count). The fraction of sp³-hybridized carbons (Fsp3) is 0.200. The van der Waals surface area contributed by atoms with E-state index in [0.29, 0.717) is 11.8 Å². The highest BCUT2D eigenvalue weighted by atomic mass is 32.1. The van der Waals surface area contributed by atoms with Crippen LogP contribution in [0.3, 0.4) is 0 Å². The van der Waals surface area contributed by atoms with Crippen molar-refractivity contribution in [1.29, 1.82) is 0 Å². The van der Waals surface area contributed by atoms with Crippen LogP contribution in [0.2, 0.25) is 0 Å². The van der Waals surface area contributed by atoms with E-state index in [2.05, 4.69) is 74.5 Å². The molecule has 0 saturated carbocycles. The first-order valence-electron chi connectivity index (χ1n) is 7.51. The van der Waals surface area contributed by atoms with Gasteiger partial charge in [-0.2, -0.15) is 0 Å². The molecule has 2 atom stereocenters. The fourth-order valence-corrected chi connectivity index (χ4v) is 4.68. The highest BCUT2D eigenvalue weighted by molar-refractivity contribution is 7.20. The fourth-order valence-electron chi connectivity index (χ4n) is 3.52. The number of rotatable bonds is 1. The van der Waals surface area contributed by atoms with Crippen molar-refractivity contribution < 1.29 is 0 Å². The Morgan fingerprint density at radius 1 is 0.952 bits per heavy atom. The Balaban J connectivity index is 2.01. The molecule has 1 aromatic heterocycles. The second-order valence-corrected chi connectivity index (χ2v) is 7.01. The minimum absolute atomic E-state index is 0.474. The quantitative estimate of drug-likeness (QED) is 0.515. The number of fused-ring (bicyclic) bond motifs is 3. The van der Waals surface area contributed by atoms with Gasteiger partial charge in [0.2, 0.25) is 0 Å². The molecule has 1 aliphatic carbocycles. The molecule has 0 bridgehead atoms. The SMILES string of the molecule is Cc1ccccc1C1c2c(sc3ccccc23)C=CC1C. The number of allylic oxidation sites excluding steroid dienone is 1. The molecule has 21 heavy (non-hydrogen) atoms. The van der Waals surface area contributed by atoms with Crippen molar-refractivity contribution in [1.82, 2.24) is 0 Å². The first-order chi connectivity index (χ1) is 10.3. The van der Waals surface area contributed by atoms with Gasteiger partial charge in [0.1, 0.15) is 0 Å². The van der Waals surface area contributed by atoms with Crippen LogP contribution in [0.15, 0.2) is 54.6 Å². The third-order valence-corrected chi connectivity index (χ3v) is 5.73. The molecule has 1 heteroatoms. The second kappa shape index (κ2) is 4.85. The van der Waals surface area contributed by atoms with Gasteiger partial charge in [-0.3, -0.25) is 0 Å². The molecule has 0 aliphatic heterocycles. The lowest BCUT2D eigenvalue weighted by Gasteiger charge is -2.27. The highest BCUT2D eigenvalue weighted by Crippen LogP contribution is 2.46. The number of hydrogen-bond donors (Lipinski definition) is 0.